The van der Waals surface area contributed by atoms with Crippen LogP contribution in [0.3, 0.4) is 0 Å². The molecule has 1 aliphatic rings. The second-order valence-electron chi connectivity index (χ2n) is 3.83. The molecule has 1 aromatic carbocycles. The minimum atomic E-state index is -4.47. The minimum absolute atomic E-state index is 0.192. The molecule has 0 saturated heterocycles. The van der Waals surface area contributed by atoms with Crippen LogP contribution in [0.25, 0.3) is 0 Å². The van der Waals surface area contributed by atoms with Crippen molar-refractivity contribution in [2.24, 2.45) is 5.73 Å². The summed E-state index contributed by atoms with van der Waals surface area (Å²) < 4.78 is 48.2. The number of fused-ring (bicyclic) bond motifs is 1. The zero-order valence-electron chi connectivity index (χ0n) is 9.17. The zero-order chi connectivity index (χ0) is 12.6. The third-order valence-corrected chi connectivity index (χ3v) is 2.72. The lowest BCUT2D eigenvalue weighted by molar-refractivity contribution is -0.138. The molecule has 2 rings (SSSR count). The van der Waals surface area contributed by atoms with Crippen LogP contribution in [-0.4, -0.2) is 13.7 Å². The Kier molecular flexibility index (Phi) is 2.91. The van der Waals surface area contributed by atoms with Crippen molar-refractivity contribution in [1.29, 1.82) is 0 Å². The molecule has 0 fully saturated rings. The van der Waals surface area contributed by atoms with E-state index in [1.807, 2.05) is 0 Å². The number of nitrogens with two attached hydrogens (primary N) is 1. The molecule has 0 radical (unpaired) electrons. The maximum absolute atomic E-state index is 12.7. The second-order valence-corrected chi connectivity index (χ2v) is 3.83. The number of hydrogen-bond donors (Lipinski definition) is 1. The van der Waals surface area contributed by atoms with Gasteiger partial charge in [-0.05, 0) is 12.1 Å². The van der Waals surface area contributed by atoms with Crippen molar-refractivity contribution in [3.8, 4) is 11.5 Å². The first kappa shape index (κ1) is 12.0. The summed E-state index contributed by atoms with van der Waals surface area (Å²) in [7, 11) is 1.20. The zero-order valence-corrected chi connectivity index (χ0v) is 9.17. The van der Waals surface area contributed by atoms with Crippen LogP contribution in [0.15, 0.2) is 12.1 Å². The van der Waals surface area contributed by atoms with Crippen molar-refractivity contribution in [2.45, 2.75) is 18.6 Å². The van der Waals surface area contributed by atoms with Gasteiger partial charge in [0.1, 0.15) is 17.1 Å². The maximum atomic E-state index is 12.7. The first-order valence-electron chi connectivity index (χ1n) is 5.11. The summed E-state index contributed by atoms with van der Waals surface area (Å²) >= 11 is 0. The van der Waals surface area contributed by atoms with E-state index in [9.17, 15) is 13.2 Å². The first-order valence-corrected chi connectivity index (χ1v) is 5.11. The highest BCUT2D eigenvalue weighted by Gasteiger charge is 2.36. The Morgan fingerprint density at radius 3 is 2.71 bits per heavy atom. The number of halogens is 3. The molecule has 0 aliphatic carbocycles. The smallest absolute Gasteiger partial charge is 0.420 e. The Balaban J connectivity index is 2.56. The highest BCUT2D eigenvalue weighted by Crippen LogP contribution is 2.42. The van der Waals surface area contributed by atoms with Crippen LogP contribution >= 0.6 is 0 Å². The summed E-state index contributed by atoms with van der Waals surface area (Å²) in [6, 6.07) is 1.95. The normalized spacial score (nSPS) is 19.5. The van der Waals surface area contributed by atoms with Crippen molar-refractivity contribution in [2.75, 3.05) is 13.7 Å². The summed E-state index contributed by atoms with van der Waals surface area (Å²) in [6.07, 6.45) is -3.88. The average molecular weight is 247 g/mol. The Morgan fingerprint density at radius 2 is 2.12 bits per heavy atom. The SMILES string of the molecule is COc1cc2c(cc1C(F)(F)F)OCC[C@@H]2N. The molecule has 3 nitrogen and oxygen atoms in total. The fraction of sp³-hybridized carbons (Fsp3) is 0.455. The van der Waals surface area contributed by atoms with Crippen LogP contribution in [-0.2, 0) is 6.18 Å². The van der Waals surface area contributed by atoms with Gasteiger partial charge in [-0.25, -0.2) is 0 Å². The summed E-state index contributed by atoms with van der Waals surface area (Å²) in [5, 5.41) is 0. The Labute approximate surface area is 96.3 Å². The average Bonchev–Trinajstić information content (AvgIpc) is 2.27. The van der Waals surface area contributed by atoms with E-state index in [4.69, 9.17) is 15.2 Å². The molecule has 94 valence electrons. The lowest BCUT2D eigenvalue weighted by Gasteiger charge is -2.25. The molecule has 0 saturated carbocycles. The van der Waals surface area contributed by atoms with Crippen molar-refractivity contribution in [3.63, 3.8) is 0 Å². The van der Waals surface area contributed by atoms with Crippen LogP contribution in [0.5, 0.6) is 11.5 Å². The molecule has 17 heavy (non-hydrogen) atoms. The highest BCUT2D eigenvalue weighted by atomic mass is 19.4. The third kappa shape index (κ3) is 2.17. The van der Waals surface area contributed by atoms with E-state index >= 15 is 0 Å². The molecule has 1 atom stereocenters. The molecule has 0 bridgehead atoms. The Bertz CT molecular complexity index is 431. The molecule has 1 aliphatic heterocycles. The van der Waals surface area contributed by atoms with Gasteiger partial charge < -0.3 is 15.2 Å². The summed E-state index contributed by atoms with van der Waals surface area (Å²) in [6.45, 7) is 0.331. The molecular formula is C11H12F3NO2. The van der Waals surface area contributed by atoms with Crippen LogP contribution in [0.4, 0.5) is 13.2 Å². The third-order valence-electron chi connectivity index (χ3n) is 2.72. The van der Waals surface area contributed by atoms with Crippen LogP contribution < -0.4 is 15.2 Å². The number of ether oxygens (including phenoxy) is 2. The topological polar surface area (TPSA) is 44.5 Å². The Morgan fingerprint density at radius 1 is 1.41 bits per heavy atom. The molecular weight excluding hydrogens is 235 g/mol. The van der Waals surface area contributed by atoms with Crippen LogP contribution in [0.2, 0.25) is 0 Å². The Hall–Kier alpha value is -1.43. The minimum Gasteiger partial charge on any atom is -0.496 e. The fourth-order valence-corrected chi connectivity index (χ4v) is 1.83. The van der Waals surface area contributed by atoms with E-state index < -0.39 is 11.7 Å². The van der Waals surface area contributed by atoms with E-state index in [1.165, 1.54) is 13.2 Å². The number of rotatable bonds is 1. The van der Waals surface area contributed by atoms with Gasteiger partial charge in [-0.3, -0.25) is 0 Å². The largest absolute Gasteiger partial charge is 0.496 e. The van der Waals surface area contributed by atoms with Crippen molar-refractivity contribution >= 4 is 0 Å². The van der Waals surface area contributed by atoms with Gasteiger partial charge in [0, 0.05) is 18.0 Å². The van der Waals surface area contributed by atoms with Crippen LogP contribution in [0.1, 0.15) is 23.6 Å². The number of benzene rings is 1. The van der Waals surface area contributed by atoms with Gasteiger partial charge in [0.25, 0.3) is 0 Å². The molecule has 1 aromatic rings. The lowest BCUT2D eigenvalue weighted by atomic mass is 9.98. The molecule has 0 unspecified atom stereocenters. The molecule has 0 amide bonds. The van der Waals surface area contributed by atoms with Gasteiger partial charge in [0.15, 0.2) is 0 Å². The van der Waals surface area contributed by atoms with Crippen LogP contribution in [0, 0.1) is 0 Å². The number of alkyl halides is 3. The van der Waals surface area contributed by atoms with Gasteiger partial charge in [-0.15, -0.1) is 0 Å². The molecule has 1 heterocycles. The fourth-order valence-electron chi connectivity index (χ4n) is 1.83. The van der Waals surface area contributed by atoms with Gasteiger partial charge in [0.05, 0.1) is 13.7 Å². The molecule has 0 aromatic heterocycles. The van der Waals surface area contributed by atoms with Crippen molar-refractivity contribution < 1.29 is 22.6 Å². The molecule has 2 N–H and O–H groups in total. The predicted octanol–water partition coefficient (Wildman–Crippen LogP) is 2.50. The quantitative estimate of drug-likeness (QED) is 0.829. The van der Waals surface area contributed by atoms with Gasteiger partial charge >= 0.3 is 6.18 Å². The highest BCUT2D eigenvalue weighted by molar-refractivity contribution is 5.49. The van der Waals surface area contributed by atoms with Gasteiger partial charge in [-0.2, -0.15) is 13.2 Å². The van der Waals surface area contributed by atoms with Crippen molar-refractivity contribution in [3.05, 3.63) is 23.3 Å². The lowest BCUT2D eigenvalue weighted by Crippen LogP contribution is -2.21. The van der Waals surface area contributed by atoms with E-state index in [0.29, 0.717) is 18.6 Å². The van der Waals surface area contributed by atoms with Crippen molar-refractivity contribution in [1.82, 2.24) is 0 Å². The monoisotopic (exact) mass is 247 g/mol. The van der Waals surface area contributed by atoms with Gasteiger partial charge in [0.2, 0.25) is 0 Å². The van der Waals surface area contributed by atoms with E-state index in [1.54, 1.807) is 0 Å². The summed E-state index contributed by atoms with van der Waals surface area (Å²) in [4.78, 5) is 0. The first-order chi connectivity index (χ1) is 7.93. The molecule has 0 spiro atoms. The number of methoxy groups -OCH3 is 1. The van der Waals surface area contributed by atoms with E-state index in [2.05, 4.69) is 0 Å². The second kappa shape index (κ2) is 4.10. The summed E-state index contributed by atoms with van der Waals surface area (Å²) in [5.41, 5.74) is 5.53. The summed E-state index contributed by atoms with van der Waals surface area (Å²) in [5.74, 6) is -0.0333. The maximum Gasteiger partial charge on any atom is 0.420 e. The predicted molar refractivity (Wildman–Crippen MR) is 55.0 cm³/mol. The van der Waals surface area contributed by atoms with E-state index in [-0.39, 0.29) is 17.5 Å². The van der Waals surface area contributed by atoms with Gasteiger partial charge in [-0.1, -0.05) is 0 Å². The standard InChI is InChI=1S/C11H12F3NO2/c1-16-10-4-6-8(15)2-3-17-9(6)5-7(10)11(12,13)14/h4-5,8H,2-3,15H2,1H3/t8-/m0/s1. The van der Waals surface area contributed by atoms with E-state index in [0.717, 1.165) is 6.07 Å². The number of hydrogen-bond acceptors (Lipinski definition) is 3. The molecule has 6 heteroatoms.